The number of hydrogen-bond donors (Lipinski definition) is 0. The van der Waals surface area contributed by atoms with Crippen LogP contribution in [-0.4, -0.2) is 76.7 Å². The Kier molecular flexibility index (Phi) is 4.74. The van der Waals surface area contributed by atoms with Crippen LogP contribution in [0.2, 0.25) is 0 Å². The molecule has 1 atom stereocenters. The Bertz CT molecular complexity index is 678. The SMILES string of the molecule is CCN1CC2(CC1=O)CN(C(C)=O)CCN(C(=O)c1ccccn1)C2. The molecule has 1 spiro atoms. The first-order chi connectivity index (χ1) is 11.9. The summed E-state index contributed by atoms with van der Waals surface area (Å²) in [5.74, 6) is -0.0696. The van der Waals surface area contributed by atoms with Gasteiger partial charge in [0, 0.05) is 64.2 Å². The largest absolute Gasteiger partial charge is 0.342 e. The number of aromatic nitrogens is 1. The van der Waals surface area contributed by atoms with Gasteiger partial charge in [0.05, 0.1) is 0 Å². The molecule has 2 aliphatic heterocycles. The first kappa shape index (κ1) is 17.4. The minimum atomic E-state index is -0.403. The number of carbonyl (C=O) groups is 3. The van der Waals surface area contributed by atoms with Crippen molar-refractivity contribution in [1.82, 2.24) is 19.7 Å². The van der Waals surface area contributed by atoms with E-state index in [0.29, 0.717) is 51.4 Å². The molecule has 25 heavy (non-hydrogen) atoms. The highest BCUT2D eigenvalue weighted by Gasteiger charge is 2.47. The van der Waals surface area contributed by atoms with E-state index in [1.165, 1.54) is 6.92 Å². The number of pyridine rings is 1. The van der Waals surface area contributed by atoms with Gasteiger partial charge < -0.3 is 14.7 Å². The summed E-state index contributed by atoms with van der Waals surface area (Å²) in [4.78, 5) is 46.6. The summed E-state index contributed by atoms with van der Waals surface area (Å²) in [6.07, 6.45) is 1.97. The zero-order chi connectivity index (χ0) is 18.0. The third-order valence-electron chi connectivity index (χ3n) is 5.10. The quantitative estimate of drug-likeness (QED) is 0.788. The average molecular weight is 344 g/mol. The number of rotatable bonds is 2. The second kappa shape index (κ2) is 6.82. The van der Waals surface area contributed by atoms with E-state index in [4.69, 9.17) is 0 Å². The van der Waals surface area contributed by atoms with Gasteiger partial charge in [0.1, 0.15) is 5.69 Å². The van der Waals surface area contributed by atoms with Crippen molar-refractivity contribution < 1.29 is 14.4 Å². The van der Waals surface area contributed by atoms with E-state index in [1.54, 1.807) is 34.2 Å². The highest BCUT2D eigenvalue weighted by Crippen LogP contribution is 2.35. The van der Waals surface area contributed by atoms with Crippen LogP contribution >= 0.6 is 0 Å². The Morgan fingerprint density at radius 1 is 1.16 bits per heavy atom. The third-order valence-corrected chi connectivity index (χ3v) is 5.10. The van der Waals surface area contributed by atoms with E-state index < -0.39 is 5.41 Å². The van der Waals surface area contributed by atoms with E-state index in [0.717, 1.165) is 0 Å². The molecular weight excluding hydrogens is 320 g/mol. The Morgan fingerprint density at radius 3 is 2.48 bits per heavy atom. The molecule has 3 heterocycles. The van der Waals surface area contributed by atoms with Crippen LogP contribution in [0.15, 0.2) is 24.4 Å². The van der Waals surface area contributed by atoms with Gasteiger partial charge in [-0.05, 0) is 19.1 Å². The van der Waals surface area contributed by atoms with Gasteiger partial charge in [0.25, 0.3) is 5.91 Å². The predicted molar refractivity (Wildman–Crippen MR) is 91.7 cm³/mol. The van der Waals surface area contributed by atoms with Gasteiger partial charge in [-0.15, -0.1) is 0 Å². The first-order valence-corrected chi connectivity index (χ1v) is 8.68. The van der Waals surface area contributed by atoms with Crippen molar-refractivity contribution in [1.29, 1.82) is 0 Å². The van der Waals surface area contributed by atoms with Crippen LogP contribution in [0.5, 0.6) is 0 Å². The Morgan fingerprint density at radius 2 is 1.88 bits per heavy atom. The molecule has 1 aromatic rings. The zero-order valence-corrected chi connectivity index (χ0v) is 14.8. The molecule has 134 valence electrons. The molecule has 7 heteroatoms. The maximum atomic E-state index is 12.9. The Hall–Kier alpha value is -2.44. The monoisotopic (exact) mass is 344 g/mol. The van der Waals surface area contributed by atoms with Crippen molar-refractivity contribution >= 4 is 17.7 Å². The highest BCUT2D eigenvalue weighted by molar-refractivity contribution is 5.92. The smallest absolute Gasteiger partial charge is 0.272 e. The number of hydrogen-bond acceptors (Lipinski definition) is 4. The molecule has 1 aromatic heterocycles. The highest BCUT2D eigenvalue weighted by atomic mass is 16.2. The number of likely N-dealkylation sites (tertiary alicyclic amines) is 1. The lowest BCUT2D eigenvalue weighted by atomic mass is 9.85. The number of nitrogens with zero attached hydrogens (tertiary/aromatic N) is 4. The molecule has 1 unspecified atom stereocenters. The molecule has 0 aliphatic carbocycles. The van der Waals surface area contributed by atoms with Gasteiger partial charge in [-0.2, -0.15) is 0 Å². The van der Waals surface area contributed by atoms with Crippen LogP contribution in [-0.2, 0) is 9.59 Å². The molecule has 0 aromatic carbocycles. The number of carbonyl (C=O) groups excluding carboxylic acids is 3. The van der Waals surface area contributed by atoms with E-state index >= 15 is 0 Å². The summed E-state index contributed by atoms with van der Waals surface area (Å²) in [7, 11) is 0. The molecule has 3 rings (SSSR count). The van der Waals surface area contributed by atoms with Gasteiger partial charge in [0.15, 0.2) is 0 Å². The van der Waals surface area contributed by atoms with Crippen LogP contribution in [0.25, 0.3) is 0 Å². The summed E-state index contributed by atoms with van der Waals surface area (Å²) < 4.78 is 0. The first-order valence-electron chi connectivity index (χ1n) is 8.68. The zero-order valence-electron chi connectivity index (χ0n) is 14.8. The van der Waals surface area contributed by atoms with E-state index in [2.05, 4.69) is 4.98 Å². The second-order valence-corrected chi connectivity index (χ2v) is 6.97. The molecule has 2 saturated heterocycles. The van der Waals surface area contributed by atoms with Gasteiger partial charge in [-0.3, -0.25) is 19.4 Å². The van der Waals surface area contributed by atoms with Crippen molar-refractivity contribution in [2.24, 2.45) is 5.41 Å². The van der Waals surface area contributed by atoms with Gasteiger partial charge in [0.2, 0.25) is 11.8 Å². The fraction of sp³-hybridized carbons (Fsp3) is 0.556. The van der Waals surface area contributed by atoms with E-state index in [9.17, 15) is 14.4 Å². The summed E-state index contributed by atoms with van der Waals surface area (Å²) in [6, 6.07) is 5.25. The fourth-order valence-electron chi connectivity index (χ4n) is 3.83. The topological polar surface area (TPSA) is 73.8 Å². The minimum Gasteiger partial charge on any atom is -0.342 e. The maximum absolute atomic E-state index is 12.9. The summed E-state index contributed by atoms with van der Waals surface area (Å²) in [5, 5.41) is 0. The van der Waals surface area contributed by atoms with Gasteiger partial charge >= 0.3 is 0 Å². The fourth-order valence-corrected chi connectivity index (χ4v) is 3.83. The van der Waals surface area contributed by atoms with Crippen molar-refractivity contribution in [2.75, 3.05) is 39.3 Å². The van der Waals surface area contributed by atoms with Crippen LogP contribution in [0, 0.1) is 5.41 Å². The maximum Gasteiger partial charge on any atom is 0.272 e. The average Bonchev–Trinajstić information content (AvgIpc) is 2.80. The third kappa shape index (κ3) is 3.50. The van der Waals surface area contributed by atoms with Crippen molar-refractivity contribution in [2.45, 2.75) is 20.3 Å². The lowest BCUT2D eigenvalue weighted by Crippen LogP contribution is -2.45. The summed E-state index contributed by atoms with van der Waals surface area (Å²) in [6.45, 7) is 6.64. The minimum absolute atomic E-state index is 0.0195. The lowest BCUT2D eigenvalue weighted by molar-refractivity contribution is -0.130. The van der Waals surface area contributed by atoms with Crippen molar-refractivity contribution in [3.8, 4) is 0 Å². The Balaban J connectivity index is 1.88. The molecule has 2 fully saturated rings. The van der Waals surface area contributed by atoms with Crippen LogP contribution in [0.3, 0.4) is 0 Å². The second-order valence-electron chi connectivity index (χ2n) is 6.97. The van der Waals surface area contributed by atoms with Crippen LogP contribution < -0.4 is 0 Å². The molecular formula is C18H24N4O3. The molecule has 0 saturated carbocycles. The van der Waals surface area contributed by atoms with Crippen molar-refractivity contribution in [3.63, 3.8) is 0 Å². The molecule has 7 nitrogen and oxygen atoms in total. The van der Waals surface area contributed by atoms with Gasteiger partial charge in [-0.25, -0.2) is 0 Å². The summed E-state index contributed by atoms with van der Waals surface area (Å²) in [5.41, 5.74) is -0.00900. The predicted octanol–water partition coefficient (Wildman–Crippen LogP) is 0.624. The van der Waals surface area contributed by atoms with Gasteiger partial charge in [-0.1, -0.05) is 6.07 Å². The van der Waals surface area contributed by atoms with Crippen LogP contribution in [0.1, 0.15) is 30.8 Å². The van der Waals surface area contributed by atoms with Crippen molar-refractivity contribution in [3.05, 3.63) is 30.1 Å². The van der Waals surface area contributed by atoms with E-state index in [1.807, 2.05) is 11.8 Å². The molecule has 0 N–H and O–H groups in total. The van der Waals surface area contributed by atoms with E-state index in [-0.39, 0.29) is 17.7 Å². The van der Waals surface area contributed by atoms with Crippen LogP contribution in [0.4, 0.5) is 0 Å². The molecule has 3 amide bonds. The summed E-state index contributed by atoms with van der Waals surface area (Å²) >= 11 is 0. The molecule has 0 bridgehead atoms. The molecule has 2 aliphatic rings. The standard InChI is InChI=1S/C18H24N4O3/c1-3-20-11-18(10-16(20)24)12-21(14(2)23)8-9-22(13-18)17(25)15-6-4-5-7-19-15/h4-7H,3,8-13H2,1-2H3. The Labute approximate surface area is 147 Å². The molecule has 0 radical (unpaired) electrons. The number of amides is 3. The normalized spacial score (nSPS) is 23.9. The lowest BCUT2D eigenvalue weighted by Gasteiger charge is -2.33.